The Hall–Kier alpha value is -2.84. The number of thioether (sulfide) groups is 1. The minimum Gasteiger partial charge on any atom is -0.462 e. The van der Waals surface area contributed by atoms with E-state index in [9.17, 15) is 9.59 Å². The second-order valence-corrected chi connectivity index (χ2v) is 7.52. The fourth-order valence-corrected chi connectivity index (χ4v) is 3.70. The van der Waals surface area contributed by atoms with Crippen LogP contribution in [-0.2, 0) is 20.8 Å². The summed E-state index contributed by atoms with van der Waals surface area (Å²) in [6, 6.07) is 14.5. The lowest BCUT2D eigenvalue weighted by molar-refractivity contribution is -0.113. The lowest BCUT2D eigenvalue weighted by Crippen LogP contribution is -2.15. The molecule has 1 aromatic heterocycles. The normalized spacial score (nSPS) is 10.9. The predicted octanol–water partition coefficient (Wildman–Crippen LogP) is 3.98. The third-order valence-electron chi connectivity index (χ3n) is 4.31. The Morgan fingerprint density at radius 3 is 2.60 bits per heavy atom. The Morgan fingerprint density at radius 1 is 1.10 bits per heavy atom. The third-order valence-corrected chi connectivity index (χ3v) is 5.29. The Bertz CT molecular complexity index is 1000. The van der Waals surface area contributed by atoms with Crippen molar-refractivity contribution < 1.29 is 19.1 Å². The standard InChI is InChI=1S/C22H25N3O4S/c1-3-13-29-21(27)16-8-10-17(11-9-16)23-20(26)15-30-22-24-18-6-4-5-7-19(18)25(22)12-14-28-2/h4-11H,3,12-15H2,1-2H3,(H,23,26). The van der Waals surface area contributed by atoms with E-state index in [0.29, 0.717) is 31.0 Å². The Morgan fingerprint density at radius 2 is 1.87 bits per heavy atom. The molecule has 0 bridgehead atoms. The Labute approximate surface area is 179 Å². The van der Waals surface area contributed by atoms with E-state index in [1.54, 1.807) is 31.4 Å². The molecule has 3 aromatic rings. The Balaban J connectivity index is 1.60. The highest BCUT2D eigenvalue weighted by Crippen LogP contribution is 2.24. The van der Waals surface area contributed by atoms with Crippen LogP contribution in [0.25, 0.3) is 11.0 Å². The van der Waals surface area contributed by atoms with Gasteiger partial charge in [-0.3, -0.25) is 4.79 Å². The number of imidazole rings is 1. The summed E-state index contributed by atoms with van der Waals surface area (Å²) in [7, 11) is 1.66. The molecule has 0 aliphatic rings. The molecule has 7 nitrogen and oxygen atoms in total. The van der Waals surface area contributed by atoms with Gasteiger partial charge >= 0.3 is 5.97 Å². The first-order valence-corrected chi connectivity index (χ1v) is 10.7. The summed E-state index contributed by atoms with van der Waals surface area (Å²) >= 11 is 1.38. The molecule has 0 saturated heterocycles. The lowest BCUT2D eigenvalue weighted by Gasteiger charge is -2.09. The highest BCUT2D eigenvalue weighted by molar-refractivity contribution is 7.99. The molecule has 30 heavy (non-hydrogen) atoms. The molecule has 0 aliphatic heterocycles. The molecule has 8 heteroatoms. The smallest absolute Gasteiger partial charge is 0.338 e. The zero-order chi connectivity index (χ0) is 21.3. The van der Waals surface area contributed by atoms with Crippen LogP contribution >= 0.6 is 11.8 Å². The summed E-state index contributed by atoms with van der Waals surface area (Å²) in [6.07, 6.45) is 0.775. The molecule has 0 spiro atoms. The second-order valence-electron chi connectivity index (χ2n) is 6.58. The summed E-state index contributed by atoms with van der Waals surface area (Å²) in [5.74, 6) is -0.289. The van der Waals surface area contributed by atoms with Crippen LogP contribution in [0.1, 0.15) is 23.7 Å². The van der Waals surface area contributed by atoms with Crippen LogP contribution in [0.3, 0.4) is 0 Å². The van der Waals surface area contributed by atoms with Gasteiger partial charge in [0.05, 0.1) is 35.6 Å². The number of nitrogens with zero attached hydrogens (tertiary/aromatic N) is 2. The number of ether oxygens (including phenoxy) is 2. The fourth-order valence-electron chi connectivity index (χ4n) is 2.86. The monoisotopic (exact) mass is 427 g/mol. The molecule has 158 valence electrons. The maximum atomic E-state index is 12.4. The number of para-hydroxylation sites is 2. The maximum absolute atomic E-state index is 12.4. The topological polar surface area (TPSA) is 82.5 Å². The van der Waals surface area contributed by atoms with E-state index in [1.807, 2.05) is 31.2 Å². The molecule has 1 amide bonds. The van der Waals surface area contributed by atoms with Gasteiger partial charge in [-0.1, -0.05) is 30.8 Å². The van der Waals surface area contributed by atoms with Crippen molar-refractivity contribution in [2.75, 3.05) is 31.4 Å². The third kappa shape index (κ3) is 5.61. The number of carbonyl (C=O) groups is 2. The first-order chi connectivity index (χ1) is 14.6. The van der Waals surface area contributed by atoms with Gasteiger partial charge in [0, 0.05) is 19.3 Å². The molecule has 1 N–H and O–H groups in total. The van der Waals surface area contributed by atoms with Gasteiger partial charge in [-0.25, -0.2) is 9.78 Å². The van der Waals surface area contributed by atoms with Gasteiger partial charge in [-0.2, -0.15) is 0 Å². The summed E-state index contributed by atoms with van der Waals surface area (Å²) in [4.78, 5) is 28.9. The molecular formula is C22H25N3O4S. The van der Waals surface area contributed by atoms with Gasteiger partial charge in [0.15, 0.2) is 5.16 Å². The molecule has 1 heterocycles. The average Bonchev–Trinajstić information content (AvgIpc) is 3.12. The van der Waals surface area contributed by atoms with Crippen molar-refractivity contribution in [2.24, 2.45) is 0 Å². The summed E-state index contributed by atoms with van der Waals surface area (Å²) < 4.78 is 12.4. The number of hydrogen-bond donors (Lipinski definition) is 1. The van der Waals surface area contributed by atoms with Gasteiger partial charge < -0.3 is 19.4 Å². The van der Waals surface area contributed by atoms with Crippen molar-refractivity contribution in [3.63, 3.8) is 0 Å². The first-order valence-electron chi connectivity index (χ1n) is 9.76. The van der Waals surface area contributed by atoms with Gasteiger partial charge in [-0.15, -0.1) is 0 Å². The van der Waals surface area contributed by atoms with E-state index >= 15 is 0 Å². The van der Waals surface area contributed by atoms with Crippen LogP contribution < -0.4 is 5.32 Å². The van der Waals surface area contributed by atoms with E-state index in [-0.39, 0.29) is 17.6 Å². The highest BCUT2D eigenvalue weighted by atomic mass is 32.2. The summed E-state index contributed by atoms with van der Waals surface area (Å²) in [5, 5.41) is 3.62. The molecule has 0 saturated carbocycles. The molecule has 2 aromatic carbocycles. The maximum Gasteiger partial charge on any atom is 0.338 e. The molecule has 0 atom stereocenters. The second kappa shape index (κ2) is 10.8. The minimum absolute atomic E-state index is 0.147. The van der Waals surface area contributed by atoms with Crippen LogP contribution in [-0.4, -0.2) is 47.5 Å². The van der Waals surface area contributed by atoms with Crippen LogP contribution in [0.2, 0.25) is 0 Å². The SMILES string of the molecule is CCCOC(=O)c1ccc(NC(=O)CSc2nc3ccccc3n2CCOC)cc1. The number of rotatable bonds is 10. The van der Waals surface area contributed by atoms with Crippen LogP contribution in [0, 0.1) is 0 Å². The van der Waals surface area contributed by atoms with Crippen molar-refractivity contribution in [2.45, 2.75) is 25.0 Å². The van der Waals surface area contributed by atoms with Crippen molar-refractivity contribution in [1.82, 2.24) is 9.55 Å². The summed E-state index contributed by atoms with van der Waals surface area (Å²) in [6.45, 7) is 3.56. The van der Waals surface area contributed by atoms with E-state index < -0.39 is 0 Å². The highest BCUT2D eigenvalue weighted by Gasteiger charge is 2.13. The quantitative estimate of drug-likeness (QED) is 0.389. The number of carbonyl (C=O) groups excluding carboxylic acids is 2. The molecule has 0 fully saturated rings. The molecule has 0 unspecified atom stereocenters. The number of anilines is 1. The van der Waals surface area contributed by atoms with Crippen LogP contribution in [0.5, 0.6) is 0 Å². The zero-order valence-corrected chi connectivity index (χ0v) is 17.9. The van der Waals surface area contributed by atoms with E-state index in [2.05, 4.69) is 14.9 Å². The van der Waals surface area contributed by atoms with Crippen molar-refractivity contribution in [3.05, 3.63) is 54.1 Å². The number of methoxy groups -OCH3 is 1. The van der Waals surface area contributed by atoms with E-state index in [4.69, 9.17) is 9.47 Å². The van der Waals surface area contributed by atoms with E-state index in [1.165, 1.54) is 11.8 Å². The van der Waals surface area contributed by atoms with Crippen molar-refractivity contribution in [1.29, 1.82) is 0 Å². The molecule has 0 aliphatic carbocycles. The van der Waals surface area contributed by atoms with Gasteiger partial charge in [-0.05, 0) is 42.8 Å². The largest absolute Gasteiger partial charge is 0.462 e. The van der Waals surface area contributed by atoms with Gasteiger partial charge in [0.25, 0.3) is 0 Å². The molecule has 3 rings (SSSR count). The predicted molar refractivity (Wildman–Crippen MR) is 118 cm³/mol. The molecular weight excluding hydrogens is 402 g/mol. The average molecular weight is 428 g/mol. The molecule has 0 radical (unpaired) electrons. The minimum atomic E-state index is -0.361. The van der Waals surface area contributed by atoms with Crippen molar-refractivity contribution >= 4 is 40.4 Å². The number of benzene rings is 2. The fraction of sp³-hybridized carbons (Fsp3) is 0.318. The number of fused-ring (bicyclic) bond motifs is 1. The van der Waals surface area contributed by atoms with E-state index in [0.717, 1.165) is 22.6 Å². The lowest BCUT2D eigenvalue weighted by atomic mass is 10.2. The number of aromatic nitrogens is 2. The van der Waals surface area contributed by atoms with Crippen LogP contribution in [0.15, 0.2) is 53.7 Å². The van der Waals surface area contributed by atoms with Gasteiger partial charge in [0.2, 0.25) is 5.91 Å². The number of hydrogen-bond acceptors (Lipinski definition) is 6. The number of amides is 1. The number of nitrogens with one attached hydrogen (secondary N) is 1. The van der Waals surface area contributed by atoms with Crippen molar-refractivity contribution in [3.8, 4) is 0 Å². The number of esters is 1. The first kappa shape index (κ1) is 21.9. The summed E-state index contributed by atoms with van der Waals surface area (Å²) in [5.41, 5.74) is 2.99. The van der Waals surface area contributed by atoms with Crippen LogP contribution in [0.4, 0.5) is 5.69 Å². The Kier molecular flexibility index (Phi) is 7.87. The zero-order valence-electron chi connectivity index (χ0n) is 17.1. The van der Waals surface area contributed by atoms with Gasteiger partial charge in [0.1, 0.15) is 0 Å².